The van der Waals surface area contributed by atoms with Crippen LogP contribution < -0.4 is 0 Å². The molecule has 0 radical (unpaired) electrons. The highest BCUT2D eigenvalue weighted by Gasteiger charge is 2.33. The van der Waals surface area contributed by atoms with Crippen molar-refractivity contribution >= 4 is 11.0 Å². The largest absolute Gasteiger partial charge is 0.458 e. The molecule has 1 saturated carbocycles. The molecule has 2 unspecified atom stereocenters. The van der Waals surface area contributed by atoms with Crippen molar-refractivity contribution in [3.8, 4) is 0 Å². The van der Waals surface area contributed by atoms with Gasteiger partial charge in [0.2, 0.25) is 0 Å². The third-order valence-electron chi connectivity index (χ3n) is 4.10. The lowest BCUT2D eigenvalue weighted by Gasteiger charge is -2.09. The molecular formula is C16H20O2. The average Bonchev–Trinajstić information content (AvgIpc) is 3.14. The van der Waals surface area contributed by atoms with Gasteiger partial charge in [-0.25, -0.2) is 0 Å². The minimum absolute atomic E-state index is 0.414. The summed E-state index contributed by atoms with van der Waals surface area (Å²) < 4.78 is 5.94. The van der Waals surface area contributed by atoms with Gasteiger partial charge in [-0.3, -0.25) is 0 Å². The number of para-hydroxylation sites is 1. The maximum absolute atomic E-state index is 10.2. The highest BCUT2D eigenvalue weighted by atomic mass is 16.4. The van der Waals surface area contributed by atoms with Crippen LogP contribution in [0.2, 0.25) is 0 Å². The maximum atomic E-state index is 10.2. The van der Waals surface area contributed by atoms with E-state index in [4.69, 9.17) is 4.42 Å². The summed E-state index contributed by atoms with van der Waals surface area (Å²) in [5, 5.41) is 11.3. The molecule has 0 bridgehead atoms. The third-order valence-corrected chi connectivity index (χ3v) is 4.10. The second-order valence-electron chi connectivity index (χ2n) is 5.51. The fourth-order valence-corrected chi connectivity index (χ4v) is 2.50. The minimum Gasteiger partial charge on any atom is -0.458 e. The van der Waals surface area contributed by atoms with E-state index in [0.29, 0.717) is 11.8 Å². The van der Waals surface area contributed by atoms with Gasteiger partial charge in [-0.2, -0.15) is 0 Å². The van der Waals surface area contributed by atoms with Crippen LogP contribution in [0.5, 0.6) is 0 Å². The molecule has 96 valence electrons. The Kier molecular flexibility index (Phi) is 2.90. The first-order valence-corrected chi connectivity index (χ1v) is 6.91. The molecule has 18 heavy (non-hydrogen) atoms. The Hall–Kier alpha value is -1.28. The van der Waals surface area contributed by atoms with Gasteiger partial charge in [0.15, 0.2) is 0 Å². The van der Waals surface area contributed by atoms with Gasteiger partial charge in [0.25, 0.3) is 0 Å². The van der Waals surface area contributed by atoms with Gasteiger partial charge in [-0.15, -0.1) is 0 Å². The smallest absolute Gasteiger partial charge is 0.137 e. The molecule has 1 aliphatic carbocycles. The van der Waals surface area contributed by atoms with E-state index in [0.717, 1.165) is 36.0 Å². The molecule has 3 rings (SSSR count). The Morgan fingerprint density at radius 1 is 1.39 bits per heavy atom. The SMILES string of the molecule is CCC(C)c1cccc2cc(C(O)C3CC3)oc12. The van der Waals surface area contributed by atoms with E-state index in [1.54, 1.807) is 0 Å². The van der Waals surface area contributed by atoms with Crippen LogP contribution in [-0.2, 0) is 0 Å². The third kappa shape index (κ3) is 1.95. The minimum atomic E-state index is -0.415. The van der Waals surface area contributed by atoms with E-state index >= 15 is 0 Å². The van der Waals surface area contributed by atoms with Crippen LogP contribution in [0.4, 0.5) is 0 Å². The number of hydrogen-bond donors (Lipinski definition) is 1. The van der Waals surface area contributed by atoms with Crippen LogP contribution in [0.25, 0.3) is 11.0 Å². The van der Waals surface area contributed by atoms with Gasteiger partial charge >= 0.3 is 0 Å². The van der Waals surface area contributed by atoms with Crippen molar-refractivity contribution in [1.29, 1.82) is 0 Å². The number of aliphatic hydroxyl groups is 1. The summed E-state index contributed by atoms with van der Waals surface area (Å²) in [4.78, 5) is 0. The van der Waals surface area contributed by atoms with Gasteiger partial charge in [0.1, 0.15) is 17.4 Å². The molecule has 1 fully saturated rings. The van der Waals surface area contributed by atoms with Crippen molar-refractivity contribution in [2.24, 2.45) is 5.92 Å². The number of rotatable bonds is 4. The van der Waals surface area contributed by atoms with Crippen LogP contribution in [0.3, 0.4) is 0 Å². The summed E-state index contributed by atoms with van der Waals surface area (Å²) in [5.41, 5.74) is 2.21. The average molecular weight is 244 g/mol. The Bertz CT molecular complexity index is 551. The first-order chi connectivity index (χ1) is 8.70. The van der Waals surface area contributed by atoms with Gasteiger partial charge < -0.3 is 9.52 Å². The van der Waals surface area contributed by atoms with Crippen molar-refractivity contribution in [2.75, 3.05) is 0 Å². The molecule has 1 N–H and O–H groups in total. The Labute approximate surface area is 108 Å². The first kappa shape index (κ1) is 11.8. The van der Waals surface area contributed by atoms with Crippen molar-refractivity contribution in [2.45, 2.75) is 45.1 Å². The molecule has 2 aromatic rings. The van der Waals surface area contributed by atoms with E-state index in [9.17, 15) is 5.11 Å². The standard InChI is InChI=1S/C16H20O2/c1-3-10(2)13-6-4-5-12-9-14(18-16(12)13)15(17)11-7-8-11/h4-6,9-11,15,17H,3,7-8H2,1-2H3. The molecule has 0 saturated heterocycles. The summed E-state index contributed by atoms with van der Waals surface area (Å²) in [6, 6.07) is 8.28. The molecule has 0 amide bonds. The monoisotopic (exact) mass is 244 g/mol. The number of benzene rings is 1. The molecule has 1 aliphatic rings. The Balaban J connectivity index is 2.05. The Morgan fingerprint density at radius 2 is 2.17 bits per heavy atom. The lowest BCUT2D eigenvalue weighted by Crippen LogP contribution is -1.96. The maximum Gasteiger partial charge on any atom is 0.137 e. The quantitative estimate of drug-likeness (QED) is 0.865. The van der Waals surface area contributed by atoms with Gasteiger partial charge in [-0.05, 0) is 42.7 Å². The normalized spacial score (nSPS) is 19.1. The fourth-order valence-electron chi connectivity index (χ4n) is 2.50. The predicted octanol–water partition coefficient (Wildman–Crippen LogP) is 4.39. The molecule has 2 atom stereocenters. The molecule has 2 nitrogen and oxygen atoms in total. The summed E-state index contributed by atoms with van der Waals surface area (Å²) in [6.07, 6.45) is 2.93. The molecule has 1 aromatic carbocycles. The van der Waals surface area contributed by atoms with E-state index < -0.39 is 6.10 Å². The zero-order valence-electron chi connectivity index (χ0n) is 11.0. The summed E-state index contributed by atoms with van der Waals surface area (Å²) in [7, 11) is 0. The van der Waals surface area contributed by atoms with Crippen LogP contribution in [0.1, 0.15) is 56.5 Å². The van der Waals surface area contributed by atoms with Crippen LogP contribution >= 0.6 is 0 Å². The molecule has 1 aromatic heterocycles. The van der Waals surface area contributed by atoms with Crippen LogP contribution in [0.15, 0.2) is 28.7 Å². The molecule has 0 spiro atoms. The molecular weight excluding hydrogens is 224 g/mol. The molecule has 1 heterocycles. The van der Waals surface area contributed by atoms with E-state index in [-0.39, 0.29) is 0 Å². The lowest BCUT2D eigenvalue weighted by molar-refractivity contribution is 0.129. The summed E-state index contributed by atoms with van der Waals surface area (Å²) >= 11 is 0. The highest BCUT2D eigenvalue weighted by Crippen LogP contribution is 2.42. The zero-order chi connectivity index (χ0) is 12.7. The van der Waals surface area contributed by atoms with E-state index in [1.165, 1.54) is 5.56 Å². The second kappa shape index (κ2) is 4.43. The highest BCUT2D eigenvalue weighted by molar-refractivity contribution is 5.81. The topological polar surface area (TPSA) is 33.4 Å². The van der Waals surface area contributed by atoms with E-state index in [2.05, 4.69) is 32.0 Å². The first-order valence-electron chi connectivity index (χ1n) is 6.91. The van der Waals surface area contributed by atoms with Gasteiger partial charge in [0.05, 0.1) is 0 Å². The Morgan fingerprint density at radius 3 is 2.83 bits per heavy atom. The second-order valence-corrected chi connectivity index (χ2v) is 5.51. The number of furan rings is 1. The van der Waals surface area contributed by atoms with Crippen LogP contribution in [-0.4, -0.2) is 5.11 Å². The zero-order valence-corrected chi connectivity index (χ0v) is 11.0. The van der Waals surface area contributed by atoms with Crippen molar-refractivity contribution in [3.05, 3.63) is 35.6 Å². The van der Waals surface area contributed by atoms with Crippen molar-refractivity contribution in [1.82, 2.24) is 0 Å². The molecule has 0 aliphatic heterocycles. The molecule has 2 heteroatoms. The number of fused-ring (bicyclic) bond motifs is 1. The number of hydrogen-bond acceptors (Lipinski definition) is 2. The summed E-state index contributed by atoms with van der Waals surface area (Å²) in [5.74, 6) is 1.65. The lowest BCUT2D eigenvalue weighted by atomic mass is 9.97. The van der Waals surface area contributed by atoms with Gasteiger partial charge in [-0.1, -0.05) is 32.0 Å². The van der Waals surface area contributed by atoms with E-state index in [1.807, 2.05) is 6.07 Å². The predicted molar refractivity (Wildman–Crippen MR) is 72.6 cm³/mol. The fraction of sp³-hybridized carbons (Fsp3) is 0.500. The number of aliphatic hydroxyl groups excluding tert-OH is 1. The summed E-state index contributed by atoms with van der Waals surface area (Å²) in [6.45, 7) is 4.40. The van der Waals surface area contributed by atoms with Crippen molar-refractivity contribution < 1.29 is 9.52 Å². The van der Waals surface area contributed by atoms with Crippen molar-refractivity contribution in [3.63, 3.8) is 0 Å². The van der Waals surface area contributed by atoms with Crippen LogP contribution in [0, 0.1) is 5.92 Å². The van der Waals surface area contributed by atoms with Gasteiger partial charge in [0, 0.05) is 5.39 Å².